The van der Waals surface area contributed by atoms with Crippen molar-refractivity contribution in [3.8, 4) is 0 Å². The Labute approximate surface area is 111 Å². The summed E-state index contributed by atoms with van der Waals surface area (Å²) in [5.74, 6) is -0.0144. The van der Waals surface area contributed by atoms with Gasteiger partial charge in [0.2, 0.25) is 0 Å². The van der Waals surface area contributed by atoms with E-state index in [1.807, 2.05) is 26.0 Å². The number of hydrogen-bond acceptors (Lipinski definition) is 3. The van der Waals surface area contributed by atoms with Crippen molar-refractivity contribution in [2.75, 3.05) is 5.88 Å². The SMILES string of the molecule is CC(C)NCS(=O)(=O)c1ccc(C(C)(C)C)cc1. The summed E-state index contributed by atoms with van der Waals surface area (Å²) >= 11 is 0. The van der Waals surface area contributed by atoms with Crippen molar-refractivity contribution in [3.05, 3.63) is 29.8 Å². The Hall–Kier alpha value is -0.870. The Balaban J connectivity index is 2.91. The second kappa shape index (κ2) is 5.41. The van der Waals surface area contributed by atoms with Crippen molar-refractivity contribution < 1.29 is 8.42 Å². The van der Waals surface area contributed by atoms with Crippen LogP contribution < -0.4 is 5.32 Å². The summed E-state index contributed by atoms with van der Waals surface area (Å²) in [4.78, 5) is 0.378. The minimum absolute atomic E-state index is 0.0144. The van der Waals surface area contributed by atoms with E-state index in [-0.39, 0.29) is 17.3 Å². The van der Waals surface area contributed by atoms with Crippen LogP contribution in [0.3, 0.4) is 0 Å². The summed E-state index contributed by atoms with van der Waals surface area (Å²) in [7, 11) is -3.23. The van der Waals surface area contributed by atoms with Gasteiger partial charge in [-0.25, -0.2) is 8.42 Å². The molecule has 0 saturated heterocycles. The molecule has 1 rings (SSSR count). The van der Waals surface area contributed by atoms with Crippen LogP contribution in [0.4, 0.5) is 0 Å². The smallest absolute Gasteiger partial charge is 0.191 e. The van der Waals surface area contributed by atoms with E-state index in [1.165, 1.54) is 0 Å². The molecule has 0 heterocycles. The minimum Gasteiger partial charge on any atom is -0.301 e. The average Bonchev–Trinajstić information content (AvgIpc) is 2.26. The van der Waals surface area contributed by atoms with E-state index in [0.717, 1.165) is 5.56 Å². The first kappa shape index (κ1) is 15.2. The van der Waals surface area contributed by atoms with E-state index < -0.39 is 9.84 Å². The molecule has 0 saturated carbocycles. The highest BCUT2D eigenvalue weighted by atomic mass is 32.2. The van der Waals surface area contributed by atoms with Crippen LogP contribution in [0.2, 0.25) is 0 Å². The number of rotatable bonds is 4. The van der Waals surface area contributed by atoms with E-state index in [2.05, 4.69) is 26.1 Å². The summed E-state index contributed by atoms with van der Waals surface area (Å²) < 4.78 is 24.1. The summed E-state index contributed by atoms with van der Waals surface area (Å²) in [6.07, 6.45) is 0. The second-order valence-corrected chi connectivity index (χ2v) is 7.88. The van der Waals surface area contributed by atoms with Gasteiger partial charge in [-0.1, -0.05) is 32.9 Å². The second-order valence-electron chi connectivity index (χ2n) is 5.89. The predicted octanol–water partition coefficient (Wildman–Crippen LogP) is 2.71. The number of sulfone groups is 1. The monoisotopic (exact) mass is 269 g/mol. The standard InChI is InChI=1S/C14H23NO2S/c1-11(2)15-10-18(16,17)13-8-6-12(7-9-13)14(3,4)5/h6-9,11,15H,10H2,1-5H3. The molecular formula is C14H23NO2S. The normalized spacial score (nSPS) is 13.0. The molecule has 0 radical (unpaired) electrons. The maximum atomic E-state index is 12.0. The molecule has 0 aliphatic heterocycles. The van der Waals surface area contributed by atoms with E-state index >= 15 is 0 Å². The summed E-state index contributed by atoms with van der Waals surface area (Å²) in [5, 5.41) is 2.94. The first-order chi connectivity index (χ1) is 8.13. The first-order valence-electron chi connectivity index (χ1n) is 6.19. The van der Waals surface area contributed by atoms with Crippen LogP contribution in [0.1, 0.15) is 40.2 Å². The van der Waals surface area contributed by atoms with Gasteiger partial charge < -0.3 is 5.32 Å². The van der Waals surface area contributed by atoms with Crippen LogP contribution in [0.15, 0.2) is 29.2 Å². The maximum absolute atomic E-state index is 12.0. The molecule has 0 aromatic heterocycles. The third kappa shape index (κ3) is 4.10. The average molecular weight is 269 g/mol. The Morgan fingerprint density at radius 1 is 1.11 bits per heavy atom. The minimum atomic E-state index is -3.23. The Bertz CT molecular complexity index is 482. The Morgan fingerprint density at radius 3 is 2.00 bits per heavy atom. The van der Waals surface area contributed by atoms with Crippen LogP contribution in [0.25, 0.3) is 0 Å². The Kier molecular flexibility index (Phi) is 4.56. The van der Waals surface area contributed by atoms with Crippen molar-refractivity contribution >= 4 is 9.84 Å². The van der Waals surface area contributed by atoms with E-state index in [4.69, 9.17) is 0 Å². The molecule has 0 spiro atoms. The van der Waals surface area contributed by atoms with Crippen molar-refractivity contribution in [1.29, 1.82) is 0 Å². The lowest BCUT2D eigenvalue weighted by molar-refractivity contribution is 0.571. The molecule has 18 heavy (non-hydrogen) atoms. The highest BCUT2D eigenvalue weighted by molar-refractivity contribution is 7.91. The molecule has 0 amide bonds. The van der Waals surface area contributed by atoms with Crippen LogP contribution in [0.5, 0.6) is 0 Å². The van der Waals surface area contributed by atoms with Crippen LogP contribution in [-0.4, -0.2) is 20.3 Å². The third-order valence-electron chi connectivity index (χ3n) is 2.76. The van der Waals surface area contributed by atoms with Gasteiger partial charge in [-0.05, 0) is 37.0 Å². The summed E-state index contributed by atoms with van der Waals surface area (Å²) in [6.45, 7) is 10.2. The van der Waals surface area contributed by atoms with Gasteiger partial charge >= 0.3 is 0 Å². The van der Waals surface area contributed by atoms with Gasteiger partial charge in [0.05, 0.1) is 4.90 Å². The summed E-state index contributed by atoms with van der Waals surface area (Å²) in [6, 6.07) is 7.33. The van der Waals surface area contributed by atoms with Gasteiger partial charge in [-0.15, -0.1) is 0 Å². The van der Waals surface area contributed by atoms with Crippen molar-refractivity contribution in [2.24, 2.45) is 0 Å². The molecule has 0 atom stereocenters. The molecule has 0 unspecified atom stereocenters. The van der Waals surface area contributed by atoms with E-state index in [0.29, 0.717) is 4.90 Å². The Morgan fingerprint density at radius 2 is 1.61 bits per heavy atom. The van der Waals surface area contributed by atoms with Crippen molar-refractivity contribution in [3.63, 3.8) is 0 Å². The zero-order valence-electron chi connectivity index (χ0n) is 11.8. The van der Waals surface area contributed by atoms with Gasteiger partial charge in [0.15, 0.2) is 9.84 Å². The fourth-order valence-corrected chi connectivity index (χ4v) is 2.79. The molecule has 4 heteroatoms. The van der Waals surface area contributed by atoms with Gasteiger partial charge in [0, 0.05) is 6.04 Å². The fourth-order valence-electron chi connectivity index (χ4n) is 1.52. The van der Waals surface area contributed by atoms with E-state index in [1.54, 1.807) is 12.1 Å². The number of hydrogen-bond donors (Lipinski definition) is 1. The molecule has 0 aliphatic rings. The molecule has 0 aliphatic carbocycles. The highest BCUT2D eigenvalue weighted by Gasteiger charge is 2.17. The molecule has 1 aromatic carbocycles. The van der Waals surface area contributed by atoms with Crippen molar-refractivity contribution in [1.82, 2.24) is 5.32 Å². The highest BCUT2D eigenvalue weighted by Crippen LogP contribution is 2.23. The van der Waals surface area contributed by atoms with E-state index in [9.17, 15) is 8.42 Å². The molecule has 102 valence electrons. The van der Waals surface area contributed by atoms with Gasteiger partial charge in [0.1, 0.15) is 5.88 Å². The van der Waals surface area contributed by atoms with Crippen molar-refractivity contribution in [2.45, 2.75) is 51.0 Å². The number of benzene rings is 1. The van der Waals surface area contributed by atoms with Crippen LogP contribution >= 0.6 is 0 Å². The largest absolute Gasteiger partial charge is 0.301 e. The third-order valence-corrected chi connectivity index (χ3v) is 4.30. The van der Waals surface area contributed by atoms with Gasteiger partial charge in [0.25, 0.3) is 0 Å². The molecule has 1 N–H and O–H groups in total. The maximum Gasteiger partial charge on any atom is 0.191 e. The lowest BCUT2D eigenvalue weighted by Crippen LogP contribution is -2.29. The topological polar surface area (TPSA) is 46.2 Å². The first-order valence-corrected chi connectivity index (χ1v) is 7.85. The zero-order valence-corrected chi connectivity index (χ0v) is 12.6. The molecule has 1 aromatic rings. The van der Waals surface area contributed by atoms with Gasteiger partial charge in [-0.3, -0.25) is 0 Å². The lowest BCUT2D eigenvalue weighted by Gasteiger charge is -2.19. The van der Waals surface area contributed by atoms with Crippen LogP contribution in [-0.2, 0) is 15.3 Å². The molecular weight excluding hydrogens is 246 g/mol. The predicted molar refractivity (Wildman–Crippen MR) is 75.5 cm³/mol. The quantitative estimate of drug-likeness (QED) is 0.914. The lowest BCUT2D eigenvalue weighted by atomic mass is 9.87. The molecule has 3 nitrogen and oxygen atoms in total. The molecule has 0 fully saturated rings. The van der Waals surface area contributed by atoms with Gasteiger partial charge in [-0.2, -0.15) is 0 Å². The number of nitrogens with one attached hydrogen (secondary N) is 1. The fraction of sp³-hybridized carbons (Fsp3) is 0.571. The molecule has 0 bridgehead atoms. The zero-order chi connectivity index (χ0) is 14.0. The summed E-state index contributed by atoms with van der Waals surface area (Å²) in [5.41, 5.74) is 1.18. The van der Waals surface area contributed by atoms with Crippen LogP contribution in [0, 0.1) is 0 Å².